The molecule has 19 heavy (non-hydrogen) atoms. The zero-order valence-electron chi connectivity index (χ0n) is 10.0. The monoisotopic (exact) mass is 268 g/mol. The minimum absolute atomic E-state index is 0.225. The Kier molecular flexibility index (Phi) is 3.59. The zero-order valence-corrected chi connectivity index (χ0v) is 10.0. The molecule has 0 atom stereocenters. The maximum absolute atomic E-state index is 12.3. The number of benzene rings is 1. The van der Waals surface area contributed by atoms with Crippen LogP contribution in [0.3, 0.4) is 0 Å². The molecule has 2 rings (SSSR count). The number of alkyl halides is 3. The van der Waals surface area contributed by atoms with Gasteiger partial charge in [-0.15, -0.1) is 0 Å². The van der Waals surface area contributed by atoms with Gasteiger partial charge in [0.05, 0.1) is 12.8 Å². The molecule has 1 aromatic carbocycles. The van der Waals surface area contributed by atoms with Gasteiger partial charge in [-0.05, 0) is 29.8 Å². The van der Waals surface area contributed by atoms with E-state index in [1.165, 1.54) is 6.08 Å². The molecule has 0 aliphatic carbocycles. The van der Waals surface area contributed by atoms with Crippen molar-refractivity contribution >= 4 is 12.2 Å². The number of H-pyrrole nitrogens is 1. The second kappa shape index (κ2) is 5.17. The lowest BCUT2D eigenvalue weighted by atomic mass is 10.2. The molecule has 0 spiro atoms. The van der Waals surface area contributed by atoms with Crippen LogP contribution in [0.4, 0.5) is 13.2 Å². The minimum Gasteiger partial charge on any atom is -0.497 e. The molecule has 100 valence electrons. The first kappa shape index (κ1) is 13.2. The Hall–Kier alpha value is -2.24. The molecular weight excluding hydrogens is 257 g/mol. The fourth-order valence-corrected chi connectivity index (χ4v) is 1.46. The van der Waals surface area contributed by atoms with Crippen LogP contribution in [0.1, 0.15) is 17.0 Å². The first-order valence-corrected chi connectivity index (χ1v) is 5.44. The second-order valence-corrected chi connectivity index (χ2v) is 3.81. The first-order valence-electron chi connectivity index (χ1n) is 5.44. The van der Waals surface area contributed by atoms with E-state index in [-0.39, 0.29) is 5.69 Å². The lowest BCUT2D eigenvalue weighted by Crippen LogP contribution is -2.04. The van der Waals surface area contributed by atoms with Crippen LogP contribution in [0, 0.1) is 0 Å². The van der Waals surface area contributed by atoms with Gasteiger partial charge in [-0.3, -0.25) is 5.10 Å². The van der Waals surface area contributed by atoms with E-state index in [1.807, 2.05) is 5.10 Å². The summed E-state index contributed by atoms with van der Waals surface area (Å²) < 4.78 is 42.0. The van der Waals surface area contributed by atoms with Gasteiger partial charge in [-0.1, -0.05) is 18.2 Å². The van der Waals surface area contributed by atoms with Crippen LogP contribution in [-0.4, -0.2) is 17.3 Å². The quantitative estimate of drug-likeness (QED) is 0.923. The highest BCUT2D eigenvalue weighted by Crippen LogP contribution is 2.28. The molecule has 1 aromatic heterocycles. The van der Waals surface area contributed by atoms with Gasteiger partial charge in [0.15, 0.2) is 0 Å². The summed E-state index contributed by atoms with van der Waals surface area (Å²) >= 11 is 0. The molecule has 0 amide bonds. The van der Waals surface area contributed by atoms with Crippen LogP contribution in [0.2, 0.25) is 0 Å². The molecule has 0 aliphatic rings. The molecule has 0 radical (unpaired) electrons. The maximum Gasteiger partial charge on any atom is 0.432 e. The normalized spacial score (nSPS) is 12.0. The third kappa shape index (κ3) is 3.37. The van der Waals surface area contributed by atoms with E-state index in [1.54, 1.807) is 37.5 Å². The number of hydrogen-bond donors (Lipinski definition) is 1. The number of nitrogens with zero attached hydrogens (tertiary/aromatic N) is 1. The van der Waals surface area contributed by atoms with Crippen LogP contribution in [-0.2, 0) is 6.18 Å². The summed E-state index contributed by atoms with van der Waals surface area (Å²) in [6.45, 7) is 0. The number of nitrogens with one attached hydrogen (secondary N) is 1. The highest BCUT2D eigenvalue weighted by atomic mass is 19.4. The largest absolute Gasteiger partial charge is 0.497 e. The standard InChI is InChI=1S/C13H11F3N2O/c1-19-11-6-3-9(4-7-11)2-5-10-8-12(18-17-10)13(14,15)16/h2-8H,1H3,(H,17,18)/b5-2+. The van der Waals surface area contributed by atoms with Crippen molar-refractivity contribution in [3.63, 3.8) is 0 Å². The number of hydrogen-bond acceptors (Lipinski definition) is 2. The topological polar surface area (TPSA) is 37.9 Å². The number of aromatic amines is 1. The minimum atomic E-state index is -4.40. The highest BCUT2D eigenvalue weighted by Gasteiger charge is 2.32. The molecule has 2 aromatic rings. The van der Waals surface area contributed by atoms with Crippen molar-refractivity contribution in [3.8, 4) is 5.75 Å². The van der Waals surface area contributed by atoms with Crippen LogP contribution in [0.25, 0.3) is 12.2 Å². The Morgan fingerprint density at radius 3 is 2.37 bits per heavy atom. The van der Waals surface area contributed by atoms with Crippen LogP contribution in [0.5, 0.6) is 5.75 Å². The SMILES string of the molecule is COc1ccc(/C=C/c2cc(C(F)(F)F)[nH]n2)cc1. The van der Waals surface area contributed by atoms with Crippen molar-refractivity contribution in [2.45, 2.75) is 6.18 Å². The van der Waals surface area contributed by atoms with Gasteiger partial charge in [0.2, 0.25) is 0 Å². The van der Waals surface area contributed by atoms with Crippen molar-refractivity contribution in [2.24, 2.45) is 0 Å². The Morgan fingerprint density at radius 2 is 1.84 bits per heavy atom. The number of ether oxygens (including phenoxy) is 1. The van der Waals surface area contributed by atoms with Crippen molar-refractivity contribution in [1.29, 1.82) is 0 Å². The Labute approximate surface area is 107 Å². The van der Waals surface area contributed by atoms with Gasteiger partial charge in [-0.2, -0.15) is 18.3 Å². The fraction of sp³-hybridized carbons (Fsp3) is 0.154. The lowest BCUT2D eigenvalue weighted by Gasteiger charge is -1.99. The molecule has 3 nitrogen and oxygen atoms in total. The van der Waals surface area contributed by atoms with Gasteiger partial charge >= 0.3 is 6.18 Å². The predicted octanol–water partition coefficient (Wildman–Crippen LogP) is 3.61. The van der Waals surface area contributed by atoms with Crippen LogP contribution in [0.15, 0.2) is 30.3 Å². The number of aromatic nitrogens is 2. The number of methoxy groups -OCH3 is 1. The molecule has 6 heteroatoms. The van der Waals surface area contributed by atoms with Gasteiger partial charge in [0.25, 0.3) is 0 Å². The van der Waals surface area contributed by atoms with Crippen LogP contribution < -0.4 is 4.74 Å². The van der Waals surface area contributed by atoms with Crippen molar-refractivity contribution in [2.75, 3.05) is 7.11 Å². The molecule has 0 unspecified atom stereocenters. The first-order chi connectivity index (χ1) is 8.99. The summed E-state index contributed by atoms with van der Waals surface area (Å²) in [6.07, 6.45) is -1.22. The second-order valence-electron chi connectivity index (χ2n) is 3.81. The lowest BCUT2D eigenvalue weighted by molar-refractivity contribution is -0.141. The smallest absolute Gasteiger partial charge is 0.432 e. The molecule has 0 fully saturated rings. The Morgan fingerprint density at radius 1 is 1.16 bits per heavy atom. The van der Waals surface area contributed by atoms with E-state index in [2.05, 4.69) is 5.10 Å². The maximum atomic E-state index is 12.3. The fourth-order valence-electron chi connectivity index (χ4n) is 1.46. The molecule has 0 bridgehead atoms. The van der Waals surface area contributed by atoms with Crippen LogP contribution >= 0.6 is 0 Å². The van der Waals surface area contributed by atoms with Gasteiger partial charge in [0.1, 0.15) is 11.4 Å². The Bertz CT molecular complexity index is 570. The van der Waals surface area contributed by atoms with Gasteiger partial charge < -0.3 is 4.74 Å². The number of rotatable bonds is 3. The molecule has 1 heterocycles. The van der Waals surface area contributed by atoms with Crippen molar-refractivity contribution < 1.29 is 17.9 Å². The summed E-state index contributed by atoms with van der Waals surface area (Å²) in [5, 5.41) is 5.53. The van der Waals surface area contributed by atoms with E-state index in [4.69, 9.17) is 4.74 Å². The molecule has 1 N–H and O–H groups in total. The van der Waals surface area contributed by atoms with E-state index in [0.29, 0.717) is 0 Å². The van der Waals surface area contributed by atoms with E-state index in [9.17, 15) is 13.2 Å². The average molecular weight is 268 g/mol. The van der Waals surface area contributed by atoms with Gasteiger partial charge in [-0.25, -0.2) is 0 Å². The predicted molar refractivity (Wildman–Crippen MR) is 65.5 cm³/mol. The number of halogens is 3. The van der Waals surface area contributed by atoms with E-state index < -0.39 is 11.9 Å². The average Bonchev–Trinajstić information content (AvgIpc) is 2.86. The van der Waals surface area contributed by atoms with E-state index >= 15 is 0 Å². The third-order valence-electron chi connectivity index (χ3n) is 2.47. The summed E-state index contributed by atoms with van der Waals surface area (Å²) in [6, 6.07) is 8.09. The molecular formula is C13H11F3N2O. The highest BCUT2D eigenvalue weighted by molar-refractivity contribution is 5.68. The molecule has 0 saturated carbocycles. The van der Waals surface area contributed by atoms with Gasteiger partial charge in [0, 0.05) is 0 Å². The summed E-state index contributed by atoms with van der Waals surface area (Å²) in [4.78, 5) is 0. The molecule has 0 aliphatic heterocycles. The van der Waals surface area contributed by atoms with Crippen molar-refractivity contribution in [3.05, 3.63) is 47.3 Å². The Balaban J connectivity index is 2.11. The van der Waals surface area contributed by atoms with E-state index in [0.717, 1.165) is 17.4 Å². The molecule has 0 saturated heterocycles. The van der Waals surface area contributed by atoms with Crippen molar-refractivity contribution in [1.82, 2.24) is 10.2 Å². The third-order valence-corrected chi connectivity index (χ3v) is 2.47. The summed E-state index contributed by atoms with van der Waals surface area (Å²) in [7, 11) is 1.56. The zero-order chi connectivity index (χ0) is 13.9. The summed E-state index contributed by atoms with van der Waals surface area (Å²) in [5.41, 5.74) is 0.211. The summed E-state index contributed by atoms with van der Waals surface area (Å²) in [5.74, 6) is 0.719.